The Hall–Kier alpha value is -1.46. The molecule has 0 atom stereocenters. The lowest BCUT2D eigenvalue weighted by atomic mass is 10.1. The van der Waals surface area contributed by atoms with Crippen LogP contribution in [-0.4, -0.2) is 14.9 Å². The van der Waals surface area contributed by atoms with Gasteiger partial charge in [0, 0.05) is 11.6 Å². The monoisotopic (exact) mass is 300 g/mol. The maximum absolute atomic E-state index is 13.8. The fourth-order valence-electron chi connectivity index (χ4n) is 1.99. The van der Waals surface area contributed by atoms with Gasteiger partial charge in [-0.1, -0.05) is 25.4 Å². The zero-order valence-corrected chi connectivity index (χ0v) is 12.0. The highest BCUT2D eigenvalue weighted by molar-refractivity contribution is 6.30. The summed E-state index contributed by atoms with van der Waals surface area (Å²) in [6.07, 6.45) is 0.616. The van der Waals surface area contributed by atoms with Gasteiger partial charge in [0.1, 0.15) is 16.7 Å². The third-order valence-corrected chi connectivity index (χ3v) is 3.29. The van der Waals surface area contributed by atoms with Gasteiger partial charge in [-0.15, -0.1) is 0 Å². The van der Waals surface area contributed by atoms with Gasteiger partial charge in [0.25, 0.3) is 0 Å². The van der Waals surface area contributed by atoms with Crippen LogP contribution in [0.2, 0.25) is 5.15 Å². The Kier molecular flexibility index (Phi) is 4.40. The molecule has 0 bridgehead atoms. The van der Waals surface area contributed by atoms with E-state index in [2.05, 4.69) is 5.10 Å². The van der Waals surface area contributed by atoms with Gasteiger partial charge in [-0.25, -0.2) is 13.5 Å². The zero-order chi connectivity index (χ0) is 14.9. The zero-order valence-electron chi connectivity index (χ0n) is 11.2. The number of halogens is 3. The van der Waals surface area contributed by atoms with E-state index in [9.17, 15) is 13.9 Å². The largest absolute Gasteiger partial charge is 0.391 e. The second-order valence-corrected chi connectivity index (χ2v) is 5.34. The molecule has 0 fully saturated rings. The number of nitrogens with zero attached hydrogens (tertiary/aromatic N) is 2. The topological polar surface area (TPSA) is 38.0 Å². The molecule has 1 aromatic heterocycles. The highest BCUT2D eigenvalue weighted by Gasteiger charge is 2.19. The minimum Gasteiger partial charge on any atom is -0.391 e. The van der Waals surface area contributed by atoms with Crippen molar-refractivity contribution in [2.24, 2.45) is 5.92 Å². The molecule has 108 valence electrons. The number of aliphatic hydroxyl groups is 1. The van der Waals surface area contributed by atoms with Crippen LogP contribution in [0.15, 0.2) is 18.2 Å². The van der Waals surface area contributed by atoms with Crippen molar-refractivity contribution in [3.8, 4) is 5.69 Å². The summed E-state index contributed by atoms with van der Waals surface area (Å²) < 4.78 is 27.9. The fraction of sp³-hybridized carbons (Fsp3) is 0.357. The van der Waals surface area contributed by atoms with Crippen LogP contribution < -0.4 is 0 Å². The summed E-state index contributed by atoms with van der Waals surface area (Å²) >= 11 is 6.14. The molecule has 1 aromatic carbocycles. The smallest absolute Gasteiger partial charge is 0.151 e. The number of aliphatic hydroxyl groups excluding tert-OH is 1. The molecule has 0 saturated heterocycles. The van der Waals surface area contributed by atoms with Gasteiger partial charge in [0.05, 0.1) is 12.3 Å². The van der Waals surface area contributed by atoms with E-state index >= 15 is 0 Å². The molecule has 1 N–H and O–H groups in total. The molecule has 3 nitrogen and oxygen atoms in total. The van der Waals surface area contributed by atoms with E-state index < -0.39 is 11.6 Å². The van der Waals surface area contributed by atoms with Gasteiger partial charge in [0.2, 0.25) is 0 Å². The Morgan fingerprint density at radius 1 is 1.35 bits per heavy atom. The van der Waals surface area contributed by atoms with Crippen LogP contribution >= 0.6 is 11.6 Å². The molecule has 0 saturated carbocycles. The Morgan fingerprint density at radius 3 is 2.60 bits per heavy atom. The summed E-state index contributed by atoms with van der Waals surface area (Å²) in [4.78, 5) is 0. The van der Waals surface area contributed by atoms with Crippen molar-refractivity contribution in [1.29, 1.82) is 0 Å². The molecule has 2 rings (SSSR count). The Balaban J connectivity index is 2.54. The number of hydrogen-bond acceptors (Lipinski definition) is 2. The van der Waals surface area contributed by atoms with Crippen LogP contribution in [0.1, 0.15) is 25.1 Å². The molecule has 0 amide bonds. The Morgan fingerprint density at radius 2 is 2.05 bits per heavy atom. The van der Waals surface area contributed by atoms with Gasteiger partial charge in [-0.2, -0.15) is 5.10 Å². The normalized spacial score (nSPS) is 11.3. The van der Waals surface area contributed by atoms with Crippen molar-refractivity contribution in [3.63, 3.8) is 0 Å². The quantitative estimate of drug-likeness (QED) is 0.938. The molecule has 20 heavy (non-hydrogen) atoms. The molecule has 0 spiro atoms. The second-order valence-electron chi connectivity index (χ2n) is 4.98. The first kappa shape index (κ1) is 14.9. The van der Waals surface area contributed by atoms with Crippen LogP contribution in [0.4, 0.5) is 8.78 Å². The maximum Gasteiger partial charge on any atom is 0.151 e. The lowest BCUT2D eigenvalue weighted by Gasteiger charge is -2.04. The molecule has 0 aliphatic carbocycles. The first-order chi connectivity index (χ1) is 9.43. The van der Waals surface area contributed by atoms with Gasteiger partial charge in [-0.3, -0.25) is 0 Å². The summed E-state index contributed by atoms with van der Waals surface area (Å²) in [5.41, 5.74) is 1.15. The standard InChI is InChI=1S/C14H15ClF2N2O/c1-8(2)5-12-10(7-20)14(15)19(18-12)13-4-3-9(16)6-11(13)17/h3-4,6,8,20H,5,7H2,1-2H3. The van der Waals surface area contributed by atoms with Crippen LogP contribution in [0, 0.1) is 17.6 Å². The molecule has 0 radical (unpaired) electrons. The van der Waals surface area contributed by atoms with E-state index in [-0.39, 0.29) is 17.4 Å². The predicted octanol–water partition coefficient (Wildman–Crippen LogP) is 3.49. The van der Waals surface area contributed by atoms with E-state index in [0.717, 1.165) is 12.1 Å². The molecule has 6 heteroatoms. The van der Waals surface area contributed by atoms with Crippen LogP contribution in [0.25, 0.3) is 5.69 Å². The van der Waals surface area contributed by atoms with Crippen LogP contribution in [-0.2, 0) is 13.0 Å². The minimum absolute atomic E-state index is 0.0566. The number of aromatic nitrogens is 2. The highest BCUT2D eigenvalue weighted by Crippen LogP contribution is 2.27. The Labute approximate surface area is 120 Å². The molecule has 0 aliphatic rings. The van der Waals surface area contributed by atoms with Crippen molar-refractivity contribution in [3.05, 3.63) is 46.2 Å². The van der Waals surface area contributed by atoms with E-state index in [1.54, 1.807) is 0 Å². The lowest BCUT2D eigenvalue weighted by molar-refractivity contribution is 0.280. The first-order valence-electron chi connectivity index (χ1n) is 6.26. The number of benzene rings is 1. The van der Waals surface area contributed by atoms with Crippen molar-refractivity contribution < 1.29 is 13.9 Å². The molecular formula is C14H15ClF2N2O. The van der Waals surface area contributed by atoms with Crippen LogP contribution in [0.3, 0.4) is 0 Å². The van der Waals surface area contributed by atoms with E-state index in [1.165, 1.54) is 10.7 Å². The van der Waals surface area contributed by atoms with Crippen LogP contribution in [0.5, 0.6) is 0 Å². The predicted molar refractivity (Wildman–Crippen MR) is 73.0 cm³/mol. The van der Waals surface area contributed by atoms with Crippen molar-refractivity contribution in [2.45, 2.75) is 26.9 Å². The average molecular weight is 301 g/mol. The van der Waals surface area contributed by atoms with Gasteiger partial charge in [-0.05, 0) is 24.5 Å². The number of rotatable bonds is 4. The van der Waals surface area contributed by atoms with Gasteiger partial charge in [0.15, 0.2) is 5.82 Å². The van der Waals surface area contributed by atoms with Crippen molar-refractivity contribution in [2.75, 3.05) is 0 Å². The SMILES string of the molecule is CC(C)Cc1nn(-c2ccc(F)cc2F)c(Cl)c1CO. The first-order valence-corrected chi connectivity index (χ1v) is 6.64. The van der Waals surface area contributed by atoms with E-state index in [1.807, 2.05) is 13.8 Å². The fourth-order valence-corrected chi connectivity index (χ4v) is 2.29. The van der Waals surface area contributed by atoms with Crippen molar-refractivity contribution in [1.82, 2.24) is 9.78 Å². The summed E-state index contributed by atoms with van der Waals surface area (Å²) in [6, 6.07) is 3.18. The molecule has 1 heterocycles. The van der Waals surface area contributed by atoms with Gasteiger partial charge >= 0.3 is 0 Å². The molecule has 0 unspecified atom stereocenters. The lowest BCUT2D eigenvalue weighted by Crippen LogP contribution is -2.02. The second kappa shape index (κ2) is 5.89. The highest BCUT2D eigenvalue weighted by atomic mass is 35.5. The third-order valence-electron chi connectivity index (χ3n) is 2.90. The van der Waals surface area contributed by atoms with E-state index in [0.29, 0.717) is 23.6 Å². The molecular weight excluding hydrogens is 286 g/mol. The molecule has 0 aliphatic heterocycles. The summed E-state index contributed by atoms with van der Waals surface area (Å²) in [5.74, 6) is -1.10. The van der Waals surface area contributed by atoms with Gasteiger partial charge < -0.3 is 5.11 Å². The van der Waals surface area contributed by atoms with Crippen molar-refractivity contribution >= 4 is 11.6 Å². The Bertz CT molecular complexity index is 626. The average Bonchev–Trinajstić information content (AvgIpc) is 2.65. The summed E-state index contributed by atoms with van der Waals surface area (Å²) in [5, 5.41) is 13.8. The summed E-state index contributed by atoms with van der Waals surface area (Å²) in [6.45, 7) is 3.74. The minimum atomic E-state index is -0.755. The maximum atomic E-state index is 13.8. The van der Waals surface area contributed by atoms with E-state index in [4.69, 9.17) is 11.6 Å². The molecule has 2 aromatic rings. The number of hydrogen-bond donors (Lipinski definition) is 1. The third kappa shape index (κ3) is 2.83. The summed E-state index contributed by atoms with van der Waals surface area (Å²) in [7, 11) is 0.